The third kappa shape index (κ3) is 4.31. The van der Waals surface area contributed by atoms with E-state index in [0.29, 0.717) is 0 Å². The Morgan fingerprint density at radius 1 is 0.556 bits per heavy atom. The SMILES string of the molecule is C1=CC(c2ccc3c(c2)c2c(N(c4ccccc4)c4ccc5sc6ccccc6c5c4)cccc2n3-c2ccccc2)=CCC1. The quantitative estimate of drug-likeness (QED) is 0.192. The summed E-state index contributed by atoms with van der Waals surface area (Å²) in [5.41, 5.74) is 9.59. The van der Waals surface area contributed by atoms with Gasteiger partial charge >= 0.3 is 0 Å². The molecule has 214 valence electrons. The molecule has 0 radical (unpaired) electrons. The number of hydrogen-bond acceptors (Lipinski definition) is 2. The van der Waals surface area contributed by atoms with Crippen LogP contribution in [0, 0.1) is 0 Å². The first-order chi connectivity index (χ1) is 22.3. The van der Waals surface area contributed by atoms with Crippen molar-refractivity contribution in [1.29, 1.82) is 0 Å². The molecule has 9 rings (SSSR count). The topological polar surface area (TPSA) is 8.17 Å². The normalized spacial score (nSPS) is 13.2. The predicted molar refractivity (Wildman–Crippen MR) is 195 cm³/mol. The predicted octanol–water partition coefficient (Wildman–Crippen LogP) is 12.4. The number of anilines is 3. The maximum atomic E-state index is 2.44. The van der Waals surface area contributed by atoms with Gasteiger partial charge in [-0.25, -0.2) is 0 Å². The van der Waals surface area contributed by atoms with Crippen molar-refractivity contribution in [3.8, 4) is 5.69 Å². The molecule has 2 aromatic heterocycles. The van der Waals surface area contributed by atoms with Gasteiger partial charge in [-0.05, 0) is 96.8 Å². The Hall–Kier alpha value is -5.38. The minimum absolute atomic E-state index is 1.09. The van der Waals surface area contributed by atoms with Crippen molar-refractivity contribution in [3.05, 3.63) is 163 Å². The van der Waals surface area contributed by atoms with Crippen LogP contribution in [0.4, 0.5) is 17.1 Å². The highest BCUT2D eigenvalue weighted by molar-refractivity contribution is 7.25. The second kappa shape index (κ2) is 10.7. The maximum absolute atomic E-state index is 2.44. The molecule has 0 spiro atoms. The van der Waals surface area contributed by atoms with Crippen LogP contribution in [0.3, 0.4) is 0 Å². The van der Waals surface area contributed by atoms with Crippen LogP contribution >= 0.6 is 11.3 Å². The molecular formula is C42H30N2S. The Balaban J connectivity index is 1.36. The Bertz CT molecular complexity index is 2430. The molecule has 0 aliphatic heterocycles. The first-order valence-corrected chi connectivity index (χ1v) is 16.4. The van der Waals surface area contributed by atoms with E-state index < -0.39 is 0 Å². The molecule has 0 atom stereocenters. The zero-order valence-electron chi connectivity index (χ0n) is 24.7. The van der Waals surface area contributed by atoms with Gasteiger partial charge in [-0.1, -0.05) is 85.0 Å². The highest BCUT2D eigenvalue weighted by Crippen LogP contribution is 2.46. The number of fused-ring (bicyclic) bond motifs is 6. The fourth-order valence-electron chi connectivity index (χ4n) is 6.96. The molecule has 0 fully saturated rings. The summed E-state index contributed by atoms with van der Waals surface area (Å²) < 4.78 is 5.05. The molecular weight excluding hydrogens is 565 g/mol. The van der Waals surface area contributed by atoms with Gasteiger partial charge in [-0.15, -0.1) is 11.3 Å². The largest absolute Gasteiger partial charge is 0.310 e. The third-order valence-electron chi connectivity index (χ3n) is 8.98. The van der Waals surface area contributed by atoms with Crippen molar-refractivity contribution < 1.29 is 0 Å². The van der Waals surface area contributed by atoms with Gasteiger partial charge in [0, 0.05) is 48.0 Å². The molecule has 2 nitrogen and oxygen atoms in total. The van der Waals surface area contributed by atoms with Crippen LogP contribution in [-0.4, -0.2) is 4.57 Å². The molecule has 0 saturated carbocycles. The summed E-state index contributed by atoms with van der Waals surface area (Å²) >= 11 is 1.86. The molecule has 0 bridgehead atoms. The summed E-state index contributed by atoms with van der Waals surface area (Å²) in [7, 11) is 0. The Morgan fingerprint density at radius 3 is 2.20 bits per heavy atom. The minimum atomic E-state index is 1.09. The number of hydrogen-bond donors (Lipinski definition) is 0. The van der Waals surface area contributed by atoms with E-state index in [9.17, 15) is 0 Å². The van der Waals surface area contributed by atoms with Gasteiger partial charge in [-0.3, -0.25) is 0 Å². The van der Waals surface area contributed by atoms with Crippen molar-refractivity contribution in [1.82, 2.24) is 4.57 Å². The zero-order chi connectivity index (χ0) is 29.7. The summed E-state index contributed by atoms with van der Waals surface area (Å²) in [5, 5.41) is 5.11. The third-order valence-corrected chi connectivity index (χ3v) is 10.1. The molecule has 1 aliphatic rings. The average Bonchev–Trinajstić information content (AvgIpc) is 3.65. The average molecular weight is 595 g/mol. The van der Waals surface area contributed by atoms with E-state index in [1.165, 1.54) is 58.8 Å². The molecule has 0 saturated heterocycles. The highest BCUT2D eigenvalue weighted by atomic mass is 32.1. The second-order valence-electron chi connectivity index (χ2n) is 11.7. The van der Waals surface area contributed by atoms with Gasteiger partial charge in [-0.2, -0.15) is 0 Å². The van der Waals surface area contributed by atoms with E-state index >= 15 is 0 Å². The maximum Gasteiger partial charge on any atom is 0.0562 e. The van der Waals surface area contributed by atoms with Crippen molar-refractivity contribution >= 4 is 76.0 Å². The molecule has 0 amide bonds. The summed E-state index contributed by atoms with van der Waals surface area (Å²) in [4.78, 5) is 2.44. The molecule has 0 unspecified atom stereocenters. The fraction of sp³-hybridized carbons (Fsp3) is 0.0476. The smallest absolute Gasteiger partial charge is 0.0562 e. The Kier molecular flexibility index (Phi) is 6.17. The lowest BCUT2D eigenvalue weighted by molar-refractivity contribution is 1.04. The Labute approximate surface area is 266 Å². The Morgan fingerprint density at radius 2 is 1.36 bits per heavy atom. The first-order valence-electron chi connectivity index (χ1n) is 15.6. The molecule has 2 heterocycles. The lowest BCUT2D eigenvalue weighted by Gasteiger charge is -2.26. The molecule has 1 aliphatic carbocycles. The molecule has 6 aromatic carbocycles. The number of benzene rings is 6. The van der Waals surface area contributed by atoms with Gasteiger partial charge < -0.3 is 9.47 Å². The summed E-state index contributed by atoms with van der Waals surface area (Å²) in [6.45, 7) is 0. The molecule has 8 aromatic rings. The highest BCUT2D eigenvalue weighted by Gasteiger charge is 2.22. The van der Waals surface area contributed by atoms with Crippen molar-refractivity contribution in [2.24, 2.45) is 0 Å². The van der Waals surface area contributed by atoms with Crippen LogP contribution in [0.1, 0.15) is 18.4 Å². The number of thiophene rings is 1. The fourth-order valence-corrected chi connectivity index (χ4v) is 8.04. The van der Waals surface area contributed by atoms with Gasteiger partial charge in [0.15, 0.2) is 0 Å². The van der Waals surface area contributed by atoms with Gasteiger partial charge in [0.1, 0.15) is 0 Å². The van der Waals surface area contributed by atoms with Crippen LogP contribution in [0.25, 0.3) is 53.2 Å². The van der Waals surface area contributed by atoms with Gasteiger partial charge in [0.25, 0.3) is 0 Å². The van der Waals surface area contributed by atoms with Gasteiger partial charge in [0.2, 0.25) is 0 Å². The monoisotopic (exact) mass is 594 g/mol. The van der Waals surface area contributed by atoms with Gasteiger partial charge in [0.05, 0.1) is 16.7 Å². The lowest BCUT2D eigenvalue weighted by Crippen LogP contribution is -2.10. The first kappa shape index (κ1) is 26.1. The van der Waals surface area contributed by atoms with Crippen LogP contribution in [0.5, 0.6) is 0 Å². The van der Waals surface area contributed by atoms with E-state index in [-0.39, 0.29) is 0 Å². The standard InChI is InChI=1S/C42H30N2S/c1-4-13-29(14-5-1)30-23-25-37-36(27-30)42-38(20-12-21-39(42)44(37)32-17-8-3-9-18-32)43(31-15-6-2-7-16-31)33-24-26-41-35(28-33)34-19-10-11-22-40(34)45-41/h2-4,6-28H,1,5H2. The van der Waals surface area contributed by atoms with Crippen LogP contribution in [0.2, 0.25) is 0 Å². The van der Waals surface area contributed by atoms with Crippen LogP contribution < -0.4 is 4.90 Å². The van der Waals surface area contributed by atoms with Crippen molar-refractivity contribution in [2.45, 2.75) is 12.8 Å². The summed E-state index contributed by atoms with van der Waals surface area (Å²) in [6.07, 6.45) is 9.13. The van der Waals surface area contributed by atoms with E-state index in [1.807, 2.05) is 11.3 Å². The number of rotatable bonds is 5. The van der Waals surface area contributed by atoms with Crippen LogP contribution in [0.15, 0.2) is 158 Å². The number of para-hydroxylation sites is 2. The lowest BCUT2D eigenvalue weighted by atomic mass is 9.97. The van der Waals surface area contributed by atoms with E-state index in [2.05, 4.69) is 167 Å². The number of allylic oxidation sites excluding steroid dienone is 4. The number of nitrogens with zero attached hydrogens (tertiary/aromatic N) is 2. The zero-order valence-corrected chi connectivity index (χ0v) is 25.5. The van der Waals surface area contributed by atoms with E-state index in [4.69, 9.17) is 0 Å². The molecule has 0 N–H and O–H groups in total. The van der Waals surface area contributed by atoms with E-state index in [0.717, 1.165) is 29.9 Å². The summed E-state index contributed by atoms with van der Waals surface area (Å²) in [5.74, 6) is 0. The minimum Gasteiger partial charge on any atom is -0.310 e. The van der Waals surface area contributed by atoms with Crippen molar-refractivity contribution in [3.63, 3.8) is 0 Å². The summed E-state index contributed by atoms with van der Waals surface area (Å²) in [6, 6.07) is 51.0. The number of aromatic nitrogens is 1. The second-order valence-corrected chi connectivity index (χ2v) is 12.7. The van der Waals surface area contributed by atoms with E-state index in [1.54, 1.807) is 0 Å². The molecule has 3 heteroatoms. The van der Waals surface area contributed by atoms with Crippen molar-refractivity contribution in [2.75, 3.05) is 4.90 Å². The molecule has 45 heavy (non-hydrogen) atoms. The van der Waals surface area contributed by atoms with Crippen LogP contribution in [-0.2, 0) is 0 Å².